The smallest absolute Gasteiger partial charge is 0.155 e. The van der Waals surface area contributed by atoms with Gasteiger partial charge in [-0.05, 0) is 19.2 Å². The molecule has 1 aromatic rings. The lowest BCUT2D eigenvalue weighted by atomic mass is 10.1. The van der Waals surface area contributed by atoms with E-state index in [1.165, 1.54) is 6.07 Å². The van der Waals surface area contributed by atoms with E-state index in [0.29, 0.717) is 12.0 Å². The Hall–Kier alpha value is -1.42. The van der Waals surface area contributed by atoms with E-state index in [2.05, 4.69) is 16.8 Å². The number of hydrogen-bond acceptors (Lipinski definition) is 3. The molecule has 1 aliphatic heterocycles. The second-order valence-electron chi connectivity index (χ2n) is 4.08. The molecule has 1 aliphatic rings. The third-order valence-electron chi connectivity index (χ3n) is 2.99. The summed E-state index contributed by atoms with van der Waals surface area (Å²) in [5.41, 5.74) is 0.884. The molecule has 1 saturated heterocycles. The maximum Gasteiger partial charge on any atom is 0.155 e. The summed E-state index contributed by atoms with van der Waals surface area (Å²) in [5, 5.41) is 0. The molecule has 0 spiro atoms. The molecule has 3 nitrogen and oxygen atoms in total. The molecule has 0 radical (unpaired) electrons. The summed E-state index contributed by atoms with van der Waals surface area (Å²) in [6.45, 7) is 3.55. The highest BCUT2D eigenvalue weighted by atomic mass is 19.1. The molecule has 16 heavy (non-hydrogen) atoms. The summed E-state index contributed by atoms with van der Waals surface area (Å²) in [4.78, 5) is 15.2. The van der Waals surface area contributed by atoms with Gasteiger partial charge in [-0.15, -0.1) is 0 Å². The van der Waals surface area contributed by atoms with Gasteiger partial charge in [0.05, 0.1) is 11.3 Å². The van der Waals surface area contributed by atoms with Crippen molar-refractivity contribution < 1.29 is 9.18 Å². The van der Waals surface area contributed by atoms with Gasteiger partial charge in [0.1, 0.15) is 5.82 Å². The molecule has 0 amide bonds. The fourth-order valence-corrected chi connectivity index (χ4v) is 1.97. The van der Waals surface area contributed by atoms with E-state index >= 15 is 0 Å². The first-order valence-electron chi connectivity index (χ1n) is 5.39. The zero-order chi connectivity index (χ0) is 11.5. The highest BCUT2D eigenvalue weighted by molar-refractivity contribution is 5.85. The lowest BCUT2D eigenvalue weighted by Gasteiger charge is -2.34. The van der Waals surface area contributed by atoms with Gasteiger partial charge >= 0.3 is 0 Å². The lowest BCUT2D eigenvalue weighted by molar-refractivity contribution is 0.112. The zero-order valence-electron chi connectivity index (χ0n) is 9.32. The van der Waals surface area contributed by atoms with E-state index in [9.17, 15) is 9.18 Å². The number of hydrogen-bond donors (Lipinski definition) is 0. The lowest BCUT2D eigenvalue weighted by Crippen LogP contribution is -2.44. The Kier molecular flexibility index (Phi) is 3.19. The molecule has 0 atom stereocenters. The molecule has 1 aromatic carbocycles. The molecule has 0 bridgehead atoms. The summed E-state index contributed by atoms with van der Waals surface area (Å²) in [5.74, 6) is -0.438. The van der Waals surface area contributed by atoms with Gasteiger partial charge in [0.2, 0.25) is 0 Å². The second kappa shape index (κ2) is 4.61. The van der Waals surface area contributed by atoms with Crippen LogP contribution in [0.15, 0.2) is 18.2 Å². The highest BCUT2D eigenvalue weighted by Gasteiger charge is 2.18. The predicted molar refractivity (Wildman–Crippen MR) is 61.5 cm³/mol. The van der Waals surface area contributed by atoms with Crippen LogP contribution in [0.3, 0.4) is 0 Å². The number of likely N-dealkylation sites (N-methyl/N-ethyl adjacent to an activating group) is 1. The summed E-state index contributed by atoms with van der Waals surface area (Å²) in [6, 6.07) is 4.78. The number of anilines is 1. The van der Waals surface area contributed by atoms with Crippen LogP contribution >= 0.6 is 0 Å². The molecule has 0 saturated carbocycles. The molecule has 0 aliphatic carbocycles. The third-order valence-corrected chi connectivity index (χ3v) is 2.99. The van der Waals surface area contributed by atoms with Gasteiger partial charge in [-0.3, -0.25) is 4.79 Å². The number of aldehydes is 1. The van der Waals surface area contributed by atoms with Crippen molar-refractivity contribution in [2.24, 2.45) is 0 Å². The first-order chi connectivity index (χ1) is 7.72. The minimum Gasteiger partial charge on any atom is -0.368 e. The van der Waals surface area contributed by atoms with Crippen LogP contribution in [-0.2, 0) is 0 Å². The van der Waals surface area contributed by atoms with Crippen LogP contribution in [0.4, 0.5) is 10.1 Å². The van der Waals surface area contributed by atoms with Gasteiger partial charge < -0.3 is 9.80 Å². The second-order valence-corrected chi connectivity index (χ2v) is 4.08. The van der Waals surface area contributed by atoms with Crippen LogP contribution in [0.5, 0.6) is 0 Å². The van der Waals surface area contributed by atoms with Crippen LogP contribution in [0.2, 0.25) is 0 Å². The molecule has 2 rings (SSSR count). The van der Waals surface area contributed by atoms with Crippen molar-refractivity contribution in [3.63, 3.8) is 0 Å². The predicted octanol–water partition coefficient (Wildman–Crippen LogP) is 1.39. The average Bonchev–Trinajstić information content (AvgIpc) is 2.30. The number of carbonyl (C=O) groups excluding carboxylic acids is 1. The molecule has 86 valence electrons. The normalized spacial score (nSPS) is 17.5. The first kappa shape index (κ1) is 11.1. The number of piperazine rings is 1. The monoisotopic (exact) mass is 222 g/mol. The van der Waals surface area contributed by atoms with Gasteiger partial charge in [0.25, 0.3) is 0 Å². The van der Waals surface area contributed by atoms with E-state index in [1.807, 2.05) is 0 Å². The van der Waals surface area contributed by atoms with Crippen LogP contribution in [-0.4, -0.2) is 44.4 Å². The molecular formula is C12H15FN2O. The Bertz CT molecular complexity index is 387. The van der Waals surface area contributed by atoms with E-state index in [-0.39, 0.29) is 5.56 Å². The van der Waals surface area contributed by atoms with Gasteiger partial charge in [0, 0.05) is 26.2 Å². The summed E-state index contributed by atoms with van der Waals surface area (Å²) < 4.78 is 13.4. The standard InChI is InChI=1S/C12H15FN2O/c1-14-5-7-15(8-6-14)12-4-2-3-11(13)10(12)9-16/h2-4,9H,5-8H2,1H3. The van der Waals surface area contributed by atoms with Crippen molar-refractivity contribution in [1.82, 2.24) is 4.90 Å². The number of carbonyl (C=O) groups is 1. The molecule has 0 N–H and O–H groups in total. The Morgan fingerprint density at radius 2 is 1.94 bits per heavy atom. The summed E-state index contributed by atoms with van der Waals surface area (Å²) in [6.07, 6.45) is 0.600. The number of rotatable bonds is 2. The molecule has 1 heterocycles. The zero-order valence-corrected chi connectivity index (χ0v) is 9.32. The van der Waals surface area contributed by atoms with Crippen molar-refractivity contribution >= 4 is 12.0 Å². The minimum atomic E-state index is -0.438. The van der Waals surface area contributed by atoms with E-state index < -0.39 is 5.82 Å². The molecule has 1 fully saturated rings. The SMILES string of the molecule is CN1CCN(c2cccc(F)c2C=O)CC1. The Morgan fingerprint density at radius 3 is 2.56 bits per heavy atom. The topological polar surface area (TPSA) is 23.6 Å². The third kappa shape index (κ3) is 2.07. The summed E-state index contributed by atoms with van der Waals surface area (Å²) >= 11 is 0. The van der Waals surface area contributed by atoms with Crippen LogP contribution < -0.4 is 4.90 Å². The van der Waals surface area contributed by atoms with E-state index in [4.69, 9.17) is 0 Å². The largest absolute Gasteiger partial charge is 0.368 e. The van der Waals surface area contributed by atoms with Crippen molar-refractivity contribution in [3.8, 4) is 0 Å². The van der Waals surface area contributed by atoms with Crippen molar-refractivity contribution in [3.05, 3.63) is 29.6 Å². The minimum absolute atomic E-state index is 0.173. The number of nitrogens with zero attached hydrogens (tertiary/aromatic N) is 2. The highest BCUT2D eigenvalue weighted by Crippen LogP contribution is 2.22. The number of halogens is 1. The van der Waals surface area contributed by atoms with Crippen molar-refractivity contribution in [2.45, 2.75) is 0 Å². The Balaban J connectivity index is 2.26. The Morgan fingerprint density at radius 1 is 1.25 bits per heavy atom. The molecular weight excluding hydrogens is 207 g/mol. The fourth-order valence-electron chi connectivity index (χ4n) is 1.97. The van der Waals surface area contributed by atoms with Crippen LogP contribution in [0, 0.1) is 5.82 Å². The van der Waals surface area contributed by atoms with E-state index in [0.717, 1.165) is 26.2 Å². The molecule has 0 unspecified atom stereocenters. The van der Waals surface area contributed by atoms with Crippen molar-refractivity contribution in [2.75, 3.05) is 38.1 Å². The summed E-state index contributed by atoms with van der Waals surface area (Å²) in [7, 11) is 2.06. The van der Waals surface area contributed by atoms with Gasteiger partial charge in [0.15, 0.2) is 6.29 Å². The van der Waals surface area contributed by atoms with Crippen LogP contribution in [0.1, 0.15) is 10.4 Å². The Labute approximate surface area is 94.5 Å². The molecule has 0 aromatic heterocycles. The quantitative estimate of drug-likeness (QED) is 0.706. The average molecular weight is 222 g/mol. The van der Waals surface area contributed by atoms with Gasteiger partial charge in [-0.1, -0.05) is 6.07 Å². The van der Waals surface area contributed by atoms with E-state index in [1.54, 1.807) is 12.1 Å². The molecule has 4 heteroatoms. The first-order valence-corrected chi connectivity index (χ1v) is 5.39. The van der Waals surface area contributed by atoms with Crippen LogP contribution in [0.25, 0.3) is 0 Å². The maximum atomic E-state index is 13.4. The maximum absolute atomic E-state index is 13.4. The van der Waals surface area contributed by atoms with Gasteiger partial charge in [-0.2, -0.15) is 0 Å². The fraction of sp³-hybridized carbons (Fsp3) is 0.417. The number of benzene rings is 1. The van der Waals surface area contributed by atoms with Crippen molar-refractivity contribution in [1.29, 1.82) is 0 Å². The van der Waals surface area contributed by atoms with Gasteiger partial charge in [-0.25, -0.2) is 4.39 Å².